The molecule has 126 valence electrons. The van der Waals surface area contributed by atoms with Gasteiger partial charge in [-0.2, -0.15) is 10.2 Å². The van der Waals surface area contributed by atoms with E-state index in [1.54, 1.807) is 25.3 Å². The third-order valence-corrected chi connectivity index (χ3v) is 3.46. The van der Waals surface area contributed by atoms with Crippen LogP contribution < -0.4 is 10.2 Å². The van der Waals surface area contributed by atoms with Crippen molar-refractivity contribution in [2.75, 3.05) is 7.11 Å². The van der Waals surface area contributed by atoms with Crippen molar-refractivity contribution in [1.29, 1.82) is 0 Å². The topological polar surface area (TPSA) is 79.4 Å². The highest BCUT2D eigenvalue weighted by atomic mass is 19.1. The summed E-state index contributed by atoms with van der Waals surface area (Å²) in [7, 11) is 1.60. The summed E-state index contributed by atoms with van der Waals surface area (Å²) in [5.74, 6) is -0.0114. The van der Waals surface area contributed by atoms with E-state index in [1.165, 1.54) is 18.3 Å². The third kappa shape index (κ3) is 4.08. The van der Waals surface area contributed by atoms with Crippen LogP contribution in [0, 0.1) is 5.82 Å². The summed E-state index contributed by atoms with van der Waals surface area (Å²) >= 11 is 0. The SMILES string of the molecule is COc1ccc(-c2cc(C(=O)N/N=C/c3ccc(F)cc3)[nH]n2)cc1. The number of nitrogens with one attached hydrogen (secondary N) is 2. The largest absolute Gasteiger partial charge is 0.497 e. The number of hydrogen-bond donors (Lipinski definition) is 2. The summed E-state index contributed by atoms with van der Waals surface area (Å²) < 4.78 is 17.9. The summed E-state index contributed by atoms with van der Waals surface area (Å²) in [5, 5.41) is 10.6. The lowest BCUT2D eigenvalue weighted by Gasteiger charge is -2.00. The number of ether oxygens (including phenoxy) is 1. The van der Waals surface area contributed by atoms with Crippen LogP contribution in [0.3, 0.4) is 0 Å². The minimum absolute atomic E-state index is 0.280. The average molecular weight is 338 g/mol. The number of rotatable bonds is 5. The number of hydrogen-bond acceptors (Lipinski definition) is 4. The van der Waals surface area contributed by atoms with Gasteiger partial charge in [0.2, 0.25) is 0 Å². The minimum atomic E-state index is -0.425. The second kappa shape index (κ2) is 7.39. The van der Waals surface area contributed by atoms with Crippen molar-refractivity contribution >= 4 is 12.1 Å². The molecule has 0 spiro atoms. The average Bonchev–Trinajstić information content (AvgIpc) is 3.13. The van der Waals surface area contributed by atoms with Crippen molar-refractivity contribution in [1.82, 2.24) is 15.6 Å². The molecule has 1 aromatic heterocycles. The maximum atomic E-state index is 12.8. The molecule has 0 fully saturated rings. The van der Waals surface area contributed by atoms with E-state index in [0.717, 1.165) is 11.3 Å². The first-order valence-corrected chi connectivity index (χ1v) is 7.44. The molecule has 0 atom stereocenters. The number of carbonyl (C=O) groups is 1. The number of benzene rings is 2. The molecule has 0 saturated heterocycles. The quantitative estimate of drug-likeness (QED) is 0.554. The number of aromatic nitrogens is 2. The molecule has 0 unspecified atom stereocenters. The smallest absolute Gasteiger partial charge is 0.289 e. The molecule has 7 heteroatoms. The van der Waals surface area contributed by atoms with Gasteiger partial charge in [0, 0.05) is 5.56 Å². The molecule has 6 nitrogen and oxygen atoms in total. The van der Waals surface area contributed by atoms with E-state index >= 15 is 0 Å². The summed E-state index contributed by atoms with van der Waals surface area (Å²) in [5.41, 5.74) is 4.83. The number of halogens is 1. The molecule has 3 aromatic rings. The predicted molar refractivity (Wildman–Crippen MR) is 92.0 cm³/mol. The molecule has 0 aliphatic rings. The molecule has 0 aliphatic carbocycles. The Balaban J connectivity index is 1.64. The maximum Gasteiger partial charge on any atom is 0.289 e. The molecule has 2 aromatic carbocycles. The zero-order chi connectivity index (χ0) is 17.6. The minimum Gasteiger partial charge on any atom is -0.497 e. The first-order chi connectivity index (χ1) is 12.2. The van der Waals surface area contributed by atoms with Crippen molar-refractivity contribution < 1.29 is 13.9 Å². The molecular weight excluding hydrogens is 323 g/mol. The standard InChI is InChI=1S/C18H15FN4O2/c1-25-15-8-4-13(5-9-15)16-10-17(22-21-16)18(24)23-20-11-12-2-6-14(19)7-3-12/h2-11H,1H3,(H,21,22)(H,23,24)/b20-11+. The fourth-order valence-electron chi connectivity index (χ4n) is 2.12. The van der Waals surface area contributed by atoms with Crippen molar-refractivity contribution in [2.45, 2.75) is 0 Å². The van der Waals surface area contributed by atoms with Gasteiger partial charge in [-0.1, -0.05) is 12.1 Å². The van der Waals surface area contributed by atoms with E-state index < -0.39 is 5.91 Å². The molecule has 0 saturated carbocycles. The van der Waals surface area contributed by atoms with Gasteiger partial charge in [0.1, 0.15) is 17.3 Å². The Labute approximate surface area is 143 Å². The number of methoxy groups -OCH3 is 1. The summed E-state index contributed by atoms with van der Waals surface area (Å²) in [4.78, 5) is 12.1. The number of H-pyrrole nitrogens is 1. The van der Waals surface area contributed by atoms with Gasteiger partial charge >= 0.3 is 0 Å². The third-order valence-electron chi connectivity index (χ3n) is 3.46. The van der Waals surface area contributed by atoms with E-state index in [1.807, 2.05) is 24.3 Å². The van der Waals surface area contributed by atoms with Gasteiger partial charge in [-0.3, -0.25) is 9.89 Å². The normalized spacial score (nSPS) is 10.8. The van der Waals surface area contributed by atoms with Crippen LogP contribution in [-0.4, -0.2) is 29.4 Å². The Hall–Kier alpha value is -3.48. The number of amides is 1. The van der Waals surface area contributed by atoms with Gasteiger partial charge in [0.25, 0.3) is 5.91 Å². The van der Waals surface area contributed by atoms with Crippen LogP contribution in [0.1, 0.15) is 16.1 Å². The van der Waals surface area contributed by atoms with E-state index in [0.29, 0.717) is 11.3 Å². The first kappa shape index (κ1) is 16.4. The molecule has 0 aliphatic heterocycles. The van der Waals surface area contributed by atoms with Gasteiger partial charge in [-0.05, 0) is 48.0 Å². The Morgan fingerprint density at radius 3 is 2.60 bits per heavy atom. The first-order valence-electron chi connectivity index (χ1n) is 7.44. The summed E-state index contributed by atoms with van der Waals surface area (Å²) in [6, 6.07) is 14.7. The molecule has 1 amide bonds. The van der Waals surface area contributed by atoms with Crippen LogP contribution in [0.25, 0.3) is 11.3 Å². The van der Waals surface area contributed by atoms with Crippen LogP contribution in [0.2, 0.25) is 0 Å². The van der Waals surface area contributed by atoms with Crippen LogP contribution >= 0.6 is 0 Å². The van der Waals surface area contributed by atoms with Gasteiger partial charge in [0.05, 0.1) is 19.0 Å². The van der Waals surface area contributed by atoms with Crippen LogP contribution in [-0.2, 0) is 0 Å². The van der Waals surface area contributed by atoms with Crippen LogP contribution in [0.5, 0.6) is 5.75 Å². The highest BCUT2D eigenvalue weighted by molar-refractivity contribution is 5.94. The second-order valence-corrected chi connectivity index (χ2v) is 5.15. The Kier molecular flexibility index (Phi) is 4.84. The van der Waals surface area contributed by atoms with E-state index in [2.05, 4.69) is 20.7 Å². The highest BCUT2D eigenvalue weighted by Crippen LogP contribution is 2.21. The van der Waals surface area contributed by atoms with Crippen molar-refractivity contribution in [3.8, 4) is 17.0 Å². The molecule has 0 radical (unpaired) electrons. The summed E-state index contributed by atoms with van der Waals surface area (Å²) in [6.45, 7) is 0. The molecule has 0 bridgehead atoms. The Bertz CT molecular complexity index is 886. The van der Waals surface area contributed by atoms with E-state index in [9.17, 15) is 9.18 Å². The lowest BCUT2D eigenvalue weighted by Crippen LogP contribution is -2.17. The molecular formula is C18H15FN4O2. The van der Waals surface area contributed by atoms with Crippen molar-refractivity contribution in [3.63, 3.8) is 0 Å². The van der Waals surface area contributed by atoms with Crippen molar-refractivity contribution in [3.05, 3.63) is 71.7 Å². The van der Waals surface area contributed by atoms with Gasteiger partial charge < -0.3 is 4.74 Å². The molecule has 3 rings (SSSR count). The number of carbonyl (C=O) groups excluding carboxylic acids is 1. The number of aromatic amines is 1. The summed E-state index contributed by atoms with van der Waals surface area (Å²) in [6.07, 6.45) is 1.43. The Morgan fingerprint density at radius 1 is 1.20 bits per heavy atom. The second-order valence-electron chi connectivity index (χ2n) is 5.15. The van der Waals surface area contributed by atoms with Crippen LogP contribution in [0.15, 0.2) is 59.7 Å². The fraction of sp³-hybridized carbons (Fsp3) is 0.0556. The predicted octanol–water partition coefficient (Wildman–Crippen LogP) is 2.99. The van der Waals surface area contributed by atoms with Gasteiger partial charge in [0.15, 0.2) is 0 Å². The zero-order valence-corrected chi connectivity index (χ0v) is 13.4. The monoisotopic (exact) mass is 338 g/mol. The van der Waals surface area contributed by atoms with Gasteiger partial charge in [-0.25, -0.2) is 9.82 Å². The van der Waals surface area contributed by atoms with Gasteiger partial charge in [-0.15, -0.1) is 0 Å². The van der Waals surface area contributed by atoms with Crippen molar-refractivity contribution in [2.24, 2.45) is 5.10 Å². The fourth-order valence-corrected chi connectivity index (χ4v) is 2.12. The molecule has 1 heterocycles. The van der Waals surface area contributed by atoms with E-state index in [4.69, 9.17) is 4.74 Å². The Morgan fingerprint density at radius 2 is 1.92 bits per heavy atom. The van der Waals surface area contributed by atoms with Crippen LogP contribution in [0.4, 0.5) is 4.39 Å². The number of hydrazone groups is 1. The lowest BCUT2D eigenvalue weighted by atomic mass is 10.1. The maximum absolute atomic E-state index is 12.8. The van der Waals surface area contributed by atoms with E-state index in [-0.39, 0.29) is 11.5 Å². The zero-order valence-electron chi connectivity index (χ0n) is 13.4. The molecule has 25 heavy (non-hydrogen) atoms. The number of nitrogens with zero attached hydrogens (tertiary/aromatic N) is 2. The highest BCUT2D eigenvalue weighted by Gasteiger charge is 2.10. The molecule has 2 N–H and O–H groups in total. The lowest BCUT2D eigenvalue weighted by molar-refractivity contribution is 0.0950.